The van der Waals surface area contributed by atoms with Crippen molar-refractivity contribution in [3.8, 4) is 5.88 Å². The molecule has 0 aliphatic rings. The van der Waals surface area contributed by atoms with Crippen LogP contribution >= 0.6 is 0 Å². The number of fused-ring (bicyclic) bond motifs is 3. The molecule has 3 aromatic rings. The first-order valence-corrected chi connectivity index (χ1v) is 6.40. The van der Waals surface area contributed by atoms with Gasteiger partial charge in [0.2, 0.25) is 5.88 Å². The van der Waals surface area contributed by atoms with Gasteiger partial charge in [-0.2, -0.15) is 0 Å². The number of ether oxygens (including phenoxy) is 1. The normalized spacial score (nSPS) is 11.4. The second kappa shape index (κ2) is 4.71. The summed E-state index contributed by atoms with van der Waals surface area (Å²) in [4.78, 5) is 4.35. The Morgan fingerprint density at radius 3 is 2.25 bits per heavy atom. The van der Waals surface area contributed by atoms with Crippen LogP contribution in [0.2, 0.25) is 0 Å². The van der Waals surface area contributed by atoms with Crippen molar-refractivity contribution in [2.24, 2.45) is 0 Å². The molecule has 0 spiro atoms. The van der Waals surface area contributed by atoms with Crippen LogP contribution in [0, 0.1) is 11.6 Å². The van der Waals surface area contributed by atoms with Crippen molar-refractivity contribution in [3.63, 3.8) is 0 Å². The lowest BCUT2D eigenvalue weighted by molar-refractivity contribution is 0.237. The molecule has 0 saturated heterocycles. The molecular formula is C16H13F2NO. The summed E-state index contributed by atoms with van der Waals surface area (Å²) in [6, 6.07) is 8.71. The highest BCUT2D eigenvalue weighted by Gasteiger charge is 2.12. The van der Waals surface area contributed by atoms with Crippen molar-refractivity contribution in [2.75, 3.05) is 0 Å². The molecule has 0 atom stereocenters. The van der Waals surface area contributed by atoms with Gasteiger partial charge in [0, 0.05) is 16.8 Å². The van der Waals surface area contributed by atoms with Gasteiger partial charge in [-0.1, -0.05) is 0 Å². The number of halogens is 2. The number of hydrogen-bond acceptors (Lipinski definition) is 2. The third-order valence-corrected chi connectivity index (χ3v) is 3.03. The number of hydrogen-bond donors (Lipinski definition) is 0. The minimum atomic E-state index is -0.378. The molecule has 0 amide bonds. The maximum atomic E-state index is 13.5. The Morgan fingerprint density at radius 2 is 1.55 bits per heavy atom. The molecule has 3 rings (SSSR count). The van der Waals surface area contributed by atoms with Gasteiger partial charge in [0.15, 0.2) is 0 Å². The molecule has 0 N–H and O–H groups in total. The van der Waals surface area contributed by atoms with E-state index in [0.29, 0.717) is 22.2 Å². The predicted octanol–water partition coefficient (Wildman–Crippen LogP) is 4.45. The molecule has 2 nitrogen and oxygen atoms in total. The Hall–Kier alpha value is -2.23. The van der Waals surface area contributed by atoms with Gasteiger partial charge in [0.05, 0.1) is 11.6 Å². The molecule has 0 fully saturated rings. The summed E-state index contributed by atoms with van der Waals surface area (Å²) in [6.45, 7) is 3.76. The van der Waals surface area contributed by atoms with Crippen LogP contribution in [-0.4, -0.2) is 11.1 Å². The summed E-state index contributed by atoms with van der Waals surface area (Å²) < 4.78 is 32.5. The second-order valence-corrected chi connectivity index (χ2v) is 4.93. The lowest BCUT2D eigenvalue weighted by Gasteiger charge is -2.13. The molecule has 102 valence electrons. The first kappa shape index (κ1) is 12.8. The van der Waals surface area contributed by atoms with Gasteiger partial charge in [0.1, 0.15) is 11.6 Å². The van der Waals surface area contributed by atoms with Gasteiger partial charge in [-0.15, -0.1) is 0 Å². The van der Waals surface area contributed by atoms with E-state index in [9.17, 15) is 8.78 Å². The summed E-state index contributed by atoms with van der Waals surface area (Å²) in [5.74, 6) is -0.325. The first-order chi connectivity index (χ1) is 9.54. The molecule has 0 aliphatic heterocycles. The van der Waals surface area contributed by atoms with E-state index in [-0.39, 0.29) is 17.7 Å². The highest BCUT2D eigenvalue weighted by molar-refractivity contribution is 6.07. The van der Waals surface area contributed by atoms with E-state index in [4.69, 9.17) is 4.74 Å². The minimum Gasteiger partial charge on any atom is -0.474 e. The van der Waals surface area contributed by atoms with Crippen LogP contribution in [0.1, 0.15) is 13.8 Å². The molecule has 0 unspecified atom stereocenters. The van der Waals surface area contributed by atoms with E-state index in [1.54, 1.807) is 12.1 Å². The molecular weight excluding hydrogens is 260 g/mol. The molecule has 0 saturated carbocycles. The quantitative estimate of drug-likeness (QED) is 0.643. The fraction of sp³-hybridized carbons (Fsp3) is 0.188. The van der Waals surface area contributed by atoms with E-state index < -0.39 is 0 Å². The zero-order chi connectivity index (χ0) is 14.3. The summed E-state index contributed by atoms with van der Waals surface area (Å²) in [5, 5.41) is 2.10. The maximum Gasteiger partial charge on any atom is 0.222 e. The molecule has 4 heteroatoms. The first-order valence-electron chi connectivity index (χ1n) is 6.40. The van der Waals surface area contributed by atoms with Crippen LogP contribution < -0.4 is 4.74 Å². The Bertz CT molecular complexity index is 799. The lowest BCUT2D eigenvalue weighted by Crippen LogP contribution is -2.07. The Morgan fingerprint density at radius 1 is 0.900 bits per heavy atom. The smallest absolute Gasteiger partial charge is 0.222 e. The van der Waals surface area contributed by atoms with E-state index in [1.165, 1.54) is 24.3 Å². The summed E-state index contributed by atoms with van der Waals surface area (Å²) in [5.41, 5.74) is 0.457. The number of pyridine rings is 1. The van der Waals surface area contributed by atoms with E-state index in [2.05, 4.69) is 4.98 Å². The van der Waals surface area contributed by atoms with Crippen molar-refractivity contribution in [1.82, 2.24) is 4.98 Å². The predicted molar refractivity (Wildman–Crippen MR) is 74.9 cm³/mol. The van der Waals surface area contributed by atoms with Crippen molar-refractivity contribution in [3.05, 3.63) is 48.0 Å². The molecule has 0 bridgehead atoms. The summed E-state index contributed by atoms with van der Waals surface area (Å²) >= 11 is 0. The average molecular weight is 273 g/mol. The highest BCUT2D eigenvalue weighted by Crippen LogP contribution is 2.32. The Labute approximate surface area is 115 Å². The zero-order valence-corrected chi connectivity index (χ0v) is 11.2. The molecule has 1 aromatic heterocycles. The Balaban J connectivity index is 2.41. The van der Waals surface area contributed by atoms with Gasteiger partial charge in [-0.3, -0.25) is 0 Å². The van der Waals surface area contributed by atoms with Crippen LogP contribution in [0.15, 0.2) is 36.4 Å². The van der Waals surface area contributed by atoms with Crippen LogP contribution in [0.5, 0.6) is 5.88 Å². The third kappa shape index (κ3) is 2.18. The van der Waals surface area contributed by atoms with Crippen LogP contribution in [0.3, 0.4) is 0 Å². The molecule has 1 heterocycles. The fourth-order valence-corrected chi connectivity index (χ4v) is 2.23. The highest BCUT2D eigenvalue weighted by atomic mass is 19.1. The van der Waals surface area contributed by atoms with Crippen molar-refractivity contribution < 1.29 is 13.5 Å². The lowest BCUT2D eigenvalue weighted by atomic mass is 10.1. The van der Waals surface area contributed by atoms with E-state index in [1.807, 2.05) is 13.8 Å². The van der Waals surface area contributed by atoms with Crippen molar-refractivity contribution in [1.29, 1.82) is 0 Å². The van der Waals surface area contributed by atoms with Gasteiger partial charge in [0.25, 0.3) is 0 Å². The van der Waals surface area contributed by atoms with Crippen LogP contribution in [-0.2, 0) is 0 Å². The molecule has 2 aromatic carbocycles. The number of aromatic nitrogens is 1. The third-order valence-electron chi connectivity index (χ3n) is 3.03. The van der Waals surface area contributed by atoms with E-state index >= 15 is 0 Å². The summed E-state index contributed by atoms with van der Waals surface area (Å²) in [6.07, 6.45) is -0.0678. The summed E-state index contributed by atoms with van der Waals surface area (Å²) in [7, 11) is 0. The van der Waals surface area contributed by atoms with Gasteiger partial charge in [-0.25, -0.2) is 13.8 Å². The Kier molecular flexibility index (Phi) is 3.01. The fourth-order valence-electron chi connectivity index (χ4n) is 2.23. The van der Waals surface area contributed by atoms with Crippen LogP contribution in [0.25, 0.3) is 21.7 Å². The van der Waals surface area contributed by atoms with E-state index in [0.717, 1.165) is 5.39 Å². The minimum absolute atomic E-state index is 0.0678. The number of benzene rings is 2. The monoisotopic (exact) mass is 273 g/mol. The maximum absolute atomic E-state index is 13.5. The van der Waals surface area contributed by atoms with Crippen molar-refractivity contribution >= 4 is 21.7 Å². The van der Waals surface area contributed by atoms with Gasteiger partial charge >= 0.3 is 0 Å². The van der Waals surface area contributed by atoms with Crippen LogP contribution in [0.4, 0.5) is 8.78 Å². The van der Waals surface area contributed by atoms with Gasteiger partial charge < -0.3 is 4.74 Å². The topological polar surface area (TPSA) is 22.1 Å². The van der Waals surface area contributed by atoms with Crippen molar-refractivity contribution in [2.45, 2.75) is 20.0 Å². The average Bonchev–Trinajstić information content (AvgIpc) is 2.37. The molecule has 0 aliphatic carbocycles. The number of nitrogens with zero attached hydrogens (tertiary/aromatic N) is 1. The zero-order valence-electron chi connectivity index (χ0n) is 11.2. The largest absolute Gasteiger partial charge is 0.474 e. The molecule has 20 heavy (non-hydrogen) atoms. The molecule has 0 radical (unpaired) electrons. The number of rotatable bonds is 2. The SMILES string of the molecule is CC(C)Oc1nc2cc(F)ccc2c2cc(F)ccc12. The van der Waals surface area contributed by atoms with Gasteiger partial charge in [-0.05, 0) is 49.6 Å². The second-order valence-electron chi connectivity index (χ2n) is 4.93. The standard InChI is InChI=1S/C16H13F2NO/c1-9(2)20-16-13-6-4-10(17)7-14(13)12-5-3-11(18)8-15(12)19-16/h3-9H,1-2H3.